The molecule has 2 rings (SSSR count). The van der Waals surface area contributed by atoms with Crippen molar-refractivity contribution in [1.82, 2.24) is 0 Å². The van der Waals surface area contributed by atoms with Crippen LogP contribution in [0, 0.1) is 5.82 Å². The fourth-order valence-electron chi connectivity index (χ4n) is 1.52. The zero-order chi connectivity index (χ0) is 12.4. The molecule has 0 saturated carbocycles. The van der Waals surface area contributed by atoms with Crippen molar-refractivity contribution < 1.29 is 13.9 Å². The van der Waals surface area contributed by atoms with Crippen LogP contribution in [-0.2, 0) is 6.42 Å². The van der Waals surface area contributed by atoms with Gasteiger partial charge in [-0.2, -0.15) is 0 Å². The third-order valence-electron chi connectivity index (χ3n) is 2.34. The number of halogens is 3. The Kier molecular flexibility index (Phi) is 4.01. The van der Waals surface area contributed by atoms with E-state index in [1.54, 1.807) is 24.3 Å². The van der Waals surface area contributed by atoms with E-state index in [4.69, 9.17) is 4.42 Å². The summed E-state index contributed by atoms with van der Waals surface area (Å²) >= 11 is 6.42. The highest BCUT2D eigenvalue weighted by Crippen LogP contribution is 2.25. The summed E-state index contributed by atoms with van der Waals surface area (Å²) in [5, 5.41) is 9.91. The Labute approximate surface area is 115 Å². The van der Waals surface area contributed by atoms with E-state index in [9.17, 15) is 9.50 Å². The van der Waals surface area contributed by atoms with Crippen LogP contribution < -0.4 is 0 Å². The van der Waals surface area contributed by atoms with Gasteiger partial charge in [-0.1, -0.05) is 15.9 Å². The van der Waals surface area contributed by atoms with Gasteiger partial charge in [0.15, 0.2) is 4.67 Å². The van der Waals surface area contributed by atoms with Gasteiger partial charge in [0.1, 0.15) is 17.7 Å². The molecule has 2 nitrogen and oxygen atoms in total. The standard InChI is InChI=1S/C12H9Br2FO2/c13-8-1-2-9(15)7(5-8)6-10(16)11-3-4-12(14)17-11/h1-5,10,16H,6H2. The van der Waals surface area contributed by atoms with Crippen molar-refractivity contribution in [1.29, 1.82) is 0 Å². The monoisotopic (exact) mass is 362 g/mol. The van der Waals surface area contributed by atoms with E-state index in [1.807, 2.05) is 0 Å². The van der Waals surface area contributed by atoms with Crippen molar-refractivity contribution >= 4 is 31.9 Å². The maximum Gasteiger partial charge on any atom is 0.169 e. The summed E-state index contributed by atoms with van der Waals surface area (Å²) in [6.07, 6.45) is -0.685. The number of benzene rings is 1. The molecule has 1 heterocycles. The SMILES string of the molecule is OC(Cc1cc(Br)ccc1F)c1ccc(Br)o1. The molecule has 1 unspecified atom stereocenters. The van der Waals surface area contributed by atoms with E-state index < -0.39 is 6.10 Å². The molecule has 2 aromatic rings. The van der Waals surface area contributed by atoms with E-state index in [1.165, 1.54) is 6.07 Å². The van der Waals surface area contributed by atoms with Gasteiger partial charge in [0.2, 0.25) is 0 Å². The topological polar surface area (TPSA) is 33.4 Å². The van der Waals surface area contributed by atoms with Crippen LogP contribution in [0.15, 0.2) is 43.9 Å². The zero-order valence-electron chi connectivity index (χ0n) is 8.66. The van der Waals surface area contributed by atoms with E-state index in [0.717, 1.165) is 4.47 Å². The smallest absolute Gasteiger partial charge is 0.169 e. The molecule has 0 aliphatic heterocycles. The molecule has 0 saturated heterocycles. The van der Waals surface area contributed by atoms with Crippen LogP contribution in [0.1, 0.15) is 17.4 Å². The molecule has 0 radical (unpaired) electrons. The fraction of sp³-hybridized carbons (Fsp3) is 0.167. The Morgan fingerprint density at radius 3 is 2.65 bits per heavy atom. The van der Waals surface area contributed by atoms with Crippen LogP contribution in [0.5, 0.6) is 0 Å². The minimum atomic E-state index is -0.856. The summed E-state index contributed by atoms with van der Waals surface area (Å²) in [6.45, 7) is 0. The number of aliphatic hydroxyl groups excluding tert-OH is 1. The lowest BCUT2D eigenvalue weighted by Gasteiger charge is -2.09. The van der Waals surface area contributed by atoms with Gasteiger partial charge in [-0.25, -0.2) is 4.39 Å². The largest absolute Gasteiger partial charge is 0.452 e. The Hall–Kier alpha value is -0.650. The number of hydrogen-bond acceptors (Lipinski definition) is 2. The Morgan fingerprint density at radius 2 is 2.00 bits per heavy atom. The first-order valence-corrected chi connectivity index (χ1v) is 6.52. The highest BCUT2D eigenvalue weighted by atomic mass is 79.9. The van der Waals surface area contributed by atoms with Crippen LogP contribution in [-0.4, -0.2) is 5.11 Å². The molecule has 1 aromatic heterocycles. The summed E-state index contributed by atoms with van der Waals surface area (Å²) in [5.41, 5.74) is 0.444. The van der Waals surface area contributed by atoms with Crippen molar-refractivity contribution in [2.45, 2.75) is 12.5 Å². The molecule has 1 N–H and O–H groups in total. The molecule has 90 valence electrons. The highest BCUT2D eigenvalue weighted by Gasteiger charge is 2.15. The lowest BCUT2D eigenvalue weighted by molar-refractivity contribution is 0.147. The van der Waals surface area contributed by atoms with Gasteiger partial charge in [-0.15, -0.1) is 0 Å². The molecular formula is C12H9Br2FO2. The van der Waals surface area contributed by atoms with E-state index >= 15 is 0 Å². The normalized spacial score (nSPS) is 12.7. The van der Waals surface area contributed by atoms with Crippen molar-refractivity contribution in [2.75, 3.05) is 0 Å². The second kappa shape index (κ2) is 5.33. The third kappa shape index (κ3) is 3.18. The lowest BCUT2D eigenvalue weighted by Crippen LogP contribution is -2.02. The van der Waals surface area contributed by atoms with Gasteiger partial charge in [0.25, 0.3) is 0 Å². The zero-order valence-corrected chi connectivity index (χ0v) is 11.8. The second-order valence-electron chi connectivity index (χ2n) is 3.60. The van der Waals surface area contributed by atoms with Gasteiger partial charge < -0.3 is 9.52 Å². The minimum Gasteiger partial charge on any atom is -0.452 e. The highest BCUT2D eigenvalue weighted by molar-refractivity contribution is 9.10. The van der Waals surface area contributed by atoms with Gasteiger partial charge >= 0.3 is 0 Å². The first kappa shape index (κ1) is 12.8. The van der Waals surface area contributed by atoms with E-state index in [0.29, 0.717) is 16.0 Å². The van der Waals surface area contributed by atoms with Crippen molar-refractivity contribution in [3.63, 3.8) is 0 Å². The molecule has 0 bridgehead atoms. The number of aliphatic hydroxyl groups is 1. The first-order valence-electron chi connectivity index (χ1n) is 4.93. The van der Waals surface area contributed by atoms with Gasteiger partial charge in [0, 0.05) is 10.9 Å². The van der Waals surface area contributed by atoms with Gasteiger partial charge in [-0.3, -0.25) is 0 Å². The number of hydrogen-bond donors (Lipinski definition) is 1. The molecule has 0 fully saturated rings. The molecule has 0 aliphatic carbocycles. The van der Waals surface area contributed by atoms with Crippen LogP contribution >= 0.6 is 31.9 Å². The van der Waals surface area contributed by atoms with Crippen LogP contribution in [0.25, 0.3) is 0 Å². The molecule has 17 heavy (non-hydrogen) atoms. The molecule has 0 spiro atoms. The average molecular weight is 364 g/mol. The summed E-state index contributed by atoms with van der Waals surface area (Å²) in [6, 6.07) is 7.98. The predicted molar refractivity (Wildman–Crippen MR) is 69.2 cm³/mol. The molecule has 0 aliphatic rings. The Bertz CT molecular complexity index is 525. The first-order chi connectivity index (χ1) is 8.06. The molecule has 0 amide bonds. The summed E-state index contributed by atoms with van der Waals surface area (Å²) in [5.74, 6) is 0.0779. The molecular weight excluding hydrogens is 355 g/mol. The fourth-order valence-corrected chi connectivity index (χ4v) is 2.24. The Balaban J connectivity index is 2.18. The van der Waals surface area contributed by atoms with Crippen molar-refractivity contribution in [3.05, 3.63) is 56.6 Å². The molecule has 1 atom stereocenters. The quantitative estimate of drug-likeness (QED) is 0.885. The van der Waals surface area contributed by atoms with Crippen LogP contribution in [0.2, 0.25) is 0 Å². The second-order valence-corrected chi connectivity index (χ2v) is 5.29. The lowest BCUT2D eigenvalue weighted by atomic mass is 10.1. The maximum absolute atomic E-state index is 13.5. The predicted octanol–water partition coefficient (Wildman–Crippen LogP) is 4.22. The number of rotatable bonds is 3. The van der Waals surface area contributed by atoms with Crippen molar-refractivity contribution in [2.24, 2.45) is 0 Å². The summed E-state index contributed by atoms with van der Waals surface area (Å²) in [4.78, 5) is 0. The minimum absolute atomic E-state index is 0.172. The summed E-state index contributed by atoms with van der Waals surface area (Å²) < 4.78 is 20.0. The van der Waals surface area contributed by atoms with Gasteiger partial charge in [-0.05, 0) is 51.8 Å². The molecule has 5 heteroatoms. The average Bonchev–Trinajstić information content (AvgIpc) is 2.70. The Morgan fingerprint density at radius 1 is 1.24 bits per heavy atom. The van der Waals surface area contributed by atoms with Crippen LogP contribution in [0.4, 0.5) is 4.39 Å². The molecule has 1 aromatic carbocycles. The van der Waals surface area contributed by atoms with E-state index in [2.05, 4.69) is 31.9 Å². The maximum atomic E-state index is 13.5. The van der Waals surface area contributed by atoms with E-state index in [-0.39, 0.29) is 12.2 Å². The summed E-state index contributed by atoms with van der Waals surface area (Å²) in [7, 11) is 0. The number of furan rings is 1. The van der Waals surface area contributed by atoms with Gasteiger partial charge in [0.05, 0.1) is 0 Å². The third-order valence-corrected chi connectivity index (χ3v) is 3.26. The van der Waals surface area contributed by atoms with Crippen molar-refractivity contribution in [3.8, 4) is 0 Å². The van der Waals surface area contributed by atoms with Crippen LogP contribution in [0.3, 0.4) is 0 Å².